The number of piperidine rings is 1. The molecule has 1 atom stereocenters. The molecule has 1 N–H and O–H groups in total. The van der Waals surface area contributed by atoms with Crippen molar-refractivity contribution in [1.29, 1.82) is 0 Å². The van der Waals surface area contributed by atoms with Gasteiger partial charge in [-0.15, -0.1) is 5.92 Å². The SMILES string of the molecule is CC#C[C@@H](O)CCOCCN1CCCCC1. The Morgan fingerprint density at radius 3 is 2.69 bits per heavy atom. The van der Waals surface area contributed by atoms with Gasteiger partial charge in [0.2, 0.25) is 0 Å². The number of nitrogens with zero attached hydrogens (tertiary/aromatic N) is 1. The second-order valence-electron chi connectivity index (χ2n) is 4.21. The van der Waals surface area contributed by atoms with E-state index < -0.39 is 6.10 Å². The zero-order valence-corrected chi connectivity index (χ0v) is 10.2. The van der Waals surface area contributed by atoms with E-state index in [9.17, 15) is 5.11 Å². The Morgan fingerprint density at radius 1 is 1.25 bits per heavy atom. The van der Waals surface area contributed by atoms with Crippen LogP contribution in [0.3, 0.4) is 0 Å². The van der Waals surface area contributed by atoms with Crippen LogP contribution in [0, 0.1) is 11.8 Å². The van der Waals surface area contributed by atoms with Gasteiger partial charge in [-0.1, -0.05) is 12.3 Å². The van der Waals surface area contributed by atoms with Crippen LogP contribution in [0.2, 0.25) is 0 Å². The number of hydrogen-bond acceptors (Lipinski definition) is 3. The summed E-state index contributed by atoms with van der Waals surface area (Å²) in [6, 6.07) is 0. The zero-order valence-electron chi connectivity index (χ0n) is 10.2. The quantitative estimate of drug-likeness (QED) is 0.546. The summed E-state index contributed by atoms with van der Waals surface area (Å²) in [6.07, 6.45) is 4.11. The summed E-state index contributed by atoms with van der Waals surface area (Å²) in [6.45, 7) is 6.56. The van der Waals surface area contributed by atoms with Crippen molar-refractivity contribution in [2.24, 2.45) is 0 Å². The molecule has 1 saturated heterocycles. The minimum Gasteiger partial charge on any atom is -0.380 e. The van der Waals surface area contributed by atoms with Gasteiger partial charge in [-0.05, 0) is 32.9 Å². The van der Waals surface area contributed by atoms with E-state index in [0.29, 0.717) is 13.0 Å². The highest BCUT2D eigenvalue weighted by atomic mass is 16.5. The molecule has 16 heavy (non-hydrogen) atoms. The van der Waals surface area contributed by atoms with Crippen molar-refractivity contribution in [3.63, 3.8) is 0 Å². The largest absolute Gasteiger partial charge is 0.380 e. The van der Waals surface area contributed by atoms with Crippen molar-refractivity contribution in [2.45, 2.75) is 38.7 Å². The molecule has 1 rings (SSSR count). The van der Waals surface area contributed by atoms with Crippen molar-refractivity contribution in [3.05, 3.63) is 0 Å². The molecule has 0 aromatic rings. The maximum absolute atomic E-state index is 9.33. The molecule has 1 fully saturated rings. The molecule has 0 bridgehead atoms. The molecule has 0 saturated carbocycles. The fraction of sp³-hybridized carbons (Fsp3) is 0.846. The molecule has 0 unspecified atom stereocenters. The maximum atomic E-state index is 9.33. The van der Waals surface area contributed by atoms with Crippen LogP contribution >= 0.6 is 0 Å². The van der Waals surface area contributed by atoms with E-state index in [1.54, 1.807) is 6.92 Å². The first kappa shape index (κ1) is 13.5. The first-order valence-electron chi connectivity index (χ1n) is 6.23. The van der Waals surface area contributed by atoms with Crippen molar-refractivity contribution < 1.29 is 9.84 Å². The Balaban J connectivity index is 1.92. The van der Waals surface area contributed by atoms with E-state index in [1.165, 1.54) is 32.4 Å². The average Bonchev–Trinajstić information content (AvgIpc) is 2.30. The molecule has 92 valence electrons. The highest BCUT2D eigenvalue weighted by Crippen LogP contribution is 2.07. The lowest BCUT2D eigenvalue weighted by Crippen LogP contribution is -2.32. The second-order valence-corrected chi connectivity index (χ2v) is 4.21. The van der Waals surface area contributed by atoms with Crippen LogP contribution in [0.25, 0.3) is 0 Å². The Morgan fingerprint density at radius 2 is 2.00 bits per heavy atom. The van der Waals surface area contributed by atoms with Crippen LogP contribution in [0.1, 0.15) is 32.6 Å². The third kappa shape index (κ3) is 6.12. The Hall–Kier alpha value is -0.560. The lowest BCUT2D eigenvalue weighted by Gasteiger charge is -2.26. The fourth-order valence-corrected chi connectivity index (χ4v) is 1.91. The van der Waals surface area contributed by atoms with Gasteiger partial charge in [-0.25, -0.2) is 0 Å². The average molecular weight is 225 g/mol. The molecule has 1 aliphatic heterocycles. The maximum Gasteiger partial charge on any atom is 0.116 e. The summed E-state index contributed by atoms with van der Waals surface area (Å²) >= 11 is 0. The summed E-state index contributed by atoms with van der Waals surface area (Å²) in [4.78, 5) is 2.45. The van der Waals surface area contributed by atoms with Crippen LogP contribution < -0.4 is 0 Å². The molecule has 3 heteroatoms. The van der Waals surface area contributed by atoms with Crippen molar-refractivity contribution in [2.75, 3.05) is 32.8 Å². The van der Waals surface area contributed by atoms with Crippen molar-refractivity contribution in [3.8, 4) is 11.8 Å². The minimum atomic E-state index is -0.528. The van der Waals surface area contributed by atoms with Crippen LogP contribution in [0.5, 0.6) is 0 Å². The number of ether oxygens (including phenoxy) is 1. The fourth-order valence-electron chi connectivity index (χ4n) is 1.91. The second kappa shape index (κ2) is 8.58. The Labute approximate surface area is 98.8 Å². The molecule has 0 aliphatic carbocycles. The van der Waals surface area contributed by atoms with E-state index in [4.69, 9.17) is 4.74 Å². The van der Waals surface area contributed by atoms with E-state index in [-0.39, 0.29) is 0 Å². The van der Waals surface area contributed by atoms with Gasteiger partial charge in [0.05, 0.1) is 13.2 Å². The standard InChI is InChI=1S/C13H23NO2/c1-2-6-13(15)7-11-16-12-10-14-8-4-3-5-9-14/h13,15H,3-5,7-12H2,1H3/t13-/m1/s1. The molecule has 1 aliphatic rings. The van der Waals surface area contributed by atoms with E-state index in [0.717, 1.165) is 13.2 Å². The highest BCUT2D eigenvalue weighted by Gasteiger charge is 2.09. The van der Waals surface area contributed by atoms with Crippen molar-refractivity contribution >= 4 is 0 Å². The van der Waals surface area contributed by atoms with Crippen LogP contribution in [0.15, 0.2) is 0 Å². The number of hydrogen-bond donors (Lipinski definition) is 1. The molecule has 3 nitrogen and oxygen atoms in total. The van der Waals surface area contributed by atoms with Gasteiger partial charge in [0.1, 0.15) is 6.10 Å². The first-order valence-corrected chi connectivity index (χ1v) is 6.23. The highest BCUT2D eigenvalue weighted by molar-refractivity contribution is 5.01. The minimum absolute atomic E-state index is 0.528. The van der Waals surface area contributed by atoms with Gasteiger partial charge in [-0.3, -0.25) is 0 Å². The Bertz CT molecular complexity index is 226. The van der Waals surface area contributed by atoms with Gasteiger partial charge in [0.15, 0.2) is 0 Å². The van der Waals surface area contributed by atoms with E-state index in [2.05, 4.69) is 16.7 Å². The smallest absolute Gasteiger partial charge is 0.116 e. The molecular formula is C13H23NO2. The third-order valence-electron chi connectivity index (χ3n) is 2.85. The van der Waals surface area contributed by atoms with Gasteiger partial charge < -0.3 is 14.7 Å². The Kier molecular flexibility index (Phi) is 7.24. The summed E-state index contributed by atoms with van der Waals surface area (Å²) in [7, 11) is 0. The predicted molar refractivity (Wildman–Crippen MR) is 65.2 cm³/mol. The summed E-state index contributed by atoms with van der Waals surface area (Å²) in [5.74, 6) is 5.40. The van der Waals surface area contributed by atoms with Crippen LogP contribution in [-0.2, 0) is 4.74 Å². The first-order chi connectivity index (χ1) is 7.83. The number of likely N-dealkylation sites (tertiary alicyclic amines) is 1. The monoisotopic (exact) mass is 225 g/mol. The van der Waals surface area contributed by atoms with E-state index in [1.807, 2.05) is 0 Å². The summed E-state index contributed by atoms with van der Waals surface area (Å²) in [5.41, 5.74) is 0. The normalized spacial score (nSPS) is 18.9. The van der Waals surface area contributed by atoms with E-state index >= 15 is 0 Å². The van der Waals surface area contributed by atoms with Gasteiger partial charge in [0.25, 0.3) is 0 Å². The topological polar surface area (TPSA) is 32.7 Å². The van der Waals surface area contributed by atoms with Gasteiger partial charge in [-0.2, -0.15) is 0 Å². The molecule has 0 amide bonds. The summed E-state index contributed by atoms with van der Waals surface area (Å²) < 4.78 is 5.48. The lowest BCUT2D eigenvalue weighted by atomic mass is 10.1. The molecule has 0 spiro atoms. The summed E-state index contributed by atoms with van der Waals surface area (Å²) in [5, 5.41) is 9.33. The number of aliphatic hydroxyl groups is 1. The molecule has 0 aromatic carbocycles. The van der Waals surface area contributed by atoms with Gasteiger partial charge >= 0.3 is 0 Å². The van der Waals surface area contributed by atoms with Crippen molar-refractivity contribution in [1.82, 2.24) is 4.90 Å². The van der Waals surface area contributed by atoms with Crippen LogP contribution in [0.4, 0.5) is 0 Å². The molecule has 0 aromatic heterocycles. The number of rotatable bonds is 6. The lowest BCUT2D eigenvalue weighted by molar-refractivity contribution is 0.0771. The molecule has 1 heterocycles. The molecule has 0 radical (unpaired) electrons. The van der Waals surface area contributed by atoms with Gasteiger partial charge in [0, 0.05) is 13.0 Å². The zero-order chi connectivity index (χ0) is 11.6. The van der Waals surface area contributed by atoms with Crippen LogP contribution in [-0.4, -0.2) is 49.0 Å². The number of aliphatic hydroxyl groups excluding tert-OH is 1. The molecular weight excluding hydrogens is 202 g/mol. The predicted octanol–water partition coefficient (Wildman–Crippen LogP) is 1.26. The third-order valence-corrected chi connectivity index (χ3v) is 2.85.